The predicted octanol–water partition coefficient (Wildman–Crippen LogP) is 7.76. The summed E-state index contributed by atoms with van der Waals surface area (Å²) in [7, 11) is 0. The number of carbonyl (C=O) groups is 1. The number of nitrogens with zero attached hydrogens (tertiary/aromatic N) is 4. The Balaban J connectivity index is 1.53. The number of benzene rings is 4. The Morgan fingerprint density at radius 1 is 0.952 bits per heavy atom. The van der Waals surface area contributed by atoms with Gasteiger partial charge < -0.3 is 4.74 Å². The molecule has 0 spiro atoms. The van der Waals surface area contributed by atoms with Crippen molar-refractivity contribution >= 4 is 82.6 Å². The minimum atomic E-state index is -0.723. The maximum atomic E-state index is 13.5. The molecule has 5 rings (SSSR count). The van der Waals surface area contributed by atoms with Crippen LogP contribution in [0.2, 0.25) is 0 Å². The van der Waals surface area contributed by atoms with Gasteiger partial charge >= 0.3 is 5.97 Å². The summed E-state index contributed by atoms with van der Waals surface area (Å²) in [5, 5.41) is 15.9. The maximum absolute atomic E-state index is 13.5. The molecule has 0 unspecified atom stereocenters. The number of aromatic nitrogens is 2. The highest BCUT2D eigenvalue weighted by Gasteiger charge is 2.15. The van der Waals surface area contributed by atoms with Crippen molar-refractivity contribution in [3.63, 3.8) is 0 Å². The van der Waals surface area contributed by atoms with E-state index in [0.29, 0.717) is 42.4 Å². The number of nitro benzene ring substituents is 1. The van der Waals surface area contributed by atoms with Gasteiger partial charge in [0.1, 0.15) is 0 Å². The molecule has 0 aliphatic rings. The molecule has 1 heterocycles. The first-order chi connectivity index (χ1) is 20.2. The first-order valence-electron chi connectivity index (χ1n) is 12.1. The molecule has 0 fully saturated rings. The lowest BCUT2D eigenvalue weighted by atomic mass is 10.2. The summed E-state index contributed by atoms with van der Waals surface area (Å²) in [4.78, 5) is 41.5. The molecular formula is C30H17Br3N4O5. The fourth-order valence-corrected chi connectivity index (χ4v) is 5.56. The third-order valence-electron chi connectivity index (χ3n) is 5.90. The van der Waals surface area contributed by atoms with Gasteiger partial charge in [-0.1, -0.05) is 68.3 Å². The van der Waals surface area contributed by atoms with E-state index in [4.69, 9.17) is 9.72 Å². The second kappa shape index (κ2) is 12.7. The Morgan fingerprint density at radius 2 is 1.71 bits per heavy atom. The van der Waals surface area contributed by atoms with E-state index in [1.54, 1.807) is 42.5 Å². The third kappa shape index (κ3) is 6.62. The van der Waals surface area contributed by atoms with Crippen molar-refractivity contribution in [2.75, 3.05) is 0 Å². The quantitative estimate of drug-likeness (QED) is 0.0419. The minimum Gasteiger partial charge on any atom is -0.421 e. The summed E-state index contributed by atoms with van der Waals surface area (Å²) >= 11 is 10.3. The lowest BCUT2D eigenvalue weighted by molar-refractivity contribution is -0.384. The highest BCUT2D eigenvalue weighted by molar-refractivity contribution is 9.11. The first-order valence-corrected chi connectivity index (χ1v) is 14.5. The van der Waals surface area contributed by atoms with Crippen molar-refractivity contribution in [2.45, 2.75) is 0 Å². The van der Waals surface area contributed by atoms with E-state index in [1.807, 2.05) is 24.3 Å². The van der Waals surface area contributed by atoms with E-state index in [-0.39, 0.29) is 17.0 Å². The molecule has 4 aromatic carbocycles. The van der Waals surface area contributed by atoms with Crippen molar-refractivity contribution in [1.29, 1.82) is 0 Å². The number of para-hydroxylation sites is 1. The van der Waals surface area contributed by atoms with Crippen LogP contribution in [0.5, 0.6) is 5.75 Å². The number of carbonyl (C=O) groups excluding carboxylic acids is 1. The van der Waals surface area contributed by atoms with E-state index >= 15 is 0 Å². The van der Waals surface area contributed by atoms with Crippen molar-refractivity contribution in [3.8, 4) is 17.1 Å². The van der Waals surface area contributed by atoms with Crippen LogP contribution in [0.3, 0.4) is 0 Å². The van der Waals surface area contributed by atoms with E-state index < -0.39 is 10.9 Å². The summed E-state index contributed by atoms with van der Waals surface area (Å²) < 4.78 is 8.81. The van der Waals surface area contributed by atoms with Gasteiger partial charge in [0.25, 0.3) is 11.2 Å². The maximum Gasteiger partial charge on any atom is 0.336 e. The first kappa shape index (κ1) is 29.2. The zero-order valence-electron chi connectivity index (χ0n) is 21.3. The molecule has 0 saturated carbocycles. The van der Waals surface area contributed by atoms with Crippen molar-refractivity contribution < 1.29 is 14.5 Å². The lowest BCUT2D eigenvalue weighted by Crippen LogP contribution is -2.20. The summed E-state index contributed by atoms with van der Waals surface area (Å²) in [6, 6.07) is 23.6. The number of fused-ring (bicyclic) bond motifs is 1. The van der Waals surface area contributed by atoms with Crippen LogP contribution in [0.4, 0.5) is 5.69 Å². The van der Waals surface area contributed by atoms with Gasteiger partial charge in [0.2, 0.25) is 0 Å². The van der Waals surface area contributed by atoms with Gasteiger partial charge in [-0.05, 0) is 64.0 Å². The number of halogens is 3. The summed E-state index contributed by atoms with van der Waals surface area (Å²) in [6.07, 6.45) is 3.99. The zero-order chi connectivity index (χ0) is 29.8. The molecule has 42 heavy (non-hydrogen) atoms. The number of ether oxygens (including phenoxy) is 1. The molecule has 12 heteroatoms. The number of esters is 1. The average Bonchev–Trinajstić information content (AvgIpc) is 2.97. The van der Waals surface area contributed by atoms with E-state index in [0.717, 1.165) is 10.5 Å². The Labute approximate surface area is 263 Å². The summed E-state index contributed by atoms with van der Waals surface area (Å²) in [5.74, 6) is -0.239. The molecule has 0 N–H and O–H groups in total. The third-order valence-corrected chi connectivity index (χ3v) is 7.48. The number of rotatable bonds is 7. The molecule has 0 aliphatic carbocycles. The molecule has 0 atom stereocenters. The van der Waals surface area contributed by atoms with E-state index in [2.05, 4.69) is 52.9 Å². The van der Waals surface area contributed by atoms with Gasteiger partial charge in [0.15, 0.2) is 11.6 Å². The van der Waals surface area contributed by atoms with Gasteiger partial charge in [-0.25, -0.2) is 9.78 Å². The molecule has 1 aromatic heterocycles. The number of non-ortho nitro benzene ring substituents is 1. The van der Waals surface area contributed by atoms with Crippen LogP contribution in [-0.4, -0.2) is 26.8 Å². The zero-order valence-corrected chi connectivity index (χ0v) is 26.0. The summed E-state index contributed by atoms with van der Waals surface area (Å²) in [5.41, 5.74) is 1.58. The van der Waals surface area contributed by atoms with Crippen LogP contribution in [-0.2, 0) is 4.79 Å². The number of hydrogen-bond donors (Lipinski definition) is 0. The van der Waals surface area contributed by atoms with Gasteiger partial charge in [-0.2, -0.15) is 9.78 Å². The Bertz CT molecular complexity index is 1970. The van der Waals surface area contributed by atoms with Crippen LogP contribution < -0.4 is 10.3 Å². The van der Waals surface area contributed by atoms with Gasteiger partial charge in [0, 0.05) is 38.3 Å². The van der Waals surface area contributed by atoms with Crippen LogP contribution in [0, 0.1) is 10.1 Å². The van der Waals surface area contributed by atoms with Crippen LogP contribution >= 0.6 is 47.8 Å². The number of hydrogen-bond acceptors (Lipinski definition) is 7. The van der Waals surface area contributed by atoms with Crippen molar-refractivity contribution in [1.82, 2.24) is 9.66 Å². The molecule has 208 valence electrons. The molecule has 9 nitrogen and oxygen atoms in total. The van der Waals surface area contributed by atoms with E-state index in [9.17, 15) is 19.7 Å². The minimum absolute atomic E-state index is 0.0967. The van der Waals surface area contributed by atoms with Crippen LogP contribution in [0.15, 0.2) is 114 Å². The van der Waals surface area contributed by atoms with Crippen LogP contribution in [0.1, 0.15) is 11.1 Å². The normalized spacial score (nSPS) is 11.4. The van der Waals surface area contributed by atoms with Gasteiger partial charge in [-0.3, -0.25) is 14.9 Å². The Morgan fingerprint density at radius 3 is 2.48 bits per heavy atom. The molecule has 0 amide bonds. The smallest absolute Gasteiger partial charge is 0.336 e. The second-order valence-corrected chi connectivity index (χ2v) is 11.4. The highest BCUT2D eigenvalue weighted by Crippen LogP contribution is 2.32. The molecule has 0 aliphatic heterocycles. The summed E-state index contributed by atoms with van der Waals surface area (Å²) in [6.45, 7) is 0. The molecule has 0 radical (unpaired) electrons. The molecule has 5 aromatic rings. The molecule has 0 saturated heterocycles. The lowest BCUT2D eigenvalue weighted by Gasteiger charge is -2.11. The van der Waals surface area contributed by atoms with Crippen molar-refractivity contribution in [2.24, 2.45) is 5.10 Å². The molecule has 0 bridgehead atoms. The predicted molar refractivity (Wildman–Crippen MR) is 172 cm³/mol. The largest absolute Gasteiger partial charge is 0.421 e. The second-order valence-electron chi connectivity index (χ2n) is 8.73. The topological polar surface area (TPSA) is 117 Å². The van der Waals surface area contributed by atoms with E-state index in [1.165, 1.54) is 35.2 Å². The fourth-order valence-electron chi connectivity index (χ4n) is 3.96. The standard InChI is InChI=1S/C30H17Br3N4O5/c31-21-11-9-19(10-12-21)29-35-26-7-2-1-6-24(26)30(39)36(29)34-17-20-15-22(32)16-25(33)28(20)42-27(38)13-8-18-4-3-5-23(14-18)37(40)41/h1-17H/b13-8+,34-17?. The van der Waals surface area contributed by atoms with Crippen LogP contribution in [0.25, 0.3) is 28.4 Å². The molecular weight excluding hydrogens is 736 g/mol. The fraction of sp³-hybridized carbons (Fsp3) is 0. The number of nitro groups is 1. The van der Waals surface area contributed by atoms with Crippen molar-refractivity contribution in [3.05, 3.63) is 136 Å². The Hall–Kier alpha value is -4.26. The monoisotopic (exact) mass is 750 g/mol. The van der Waals surface area contributed by atoms with Gasteiger partial charge in [0.05, 0.1) is 26.5 Å². The van der Waals surface area contributed by atoms with Gasteiger partial charge in [-0.15, -0.1) is 0 Å². The SMILES string of the molecule is O=C(/C=C/c1cccc([N+](=O)[O-])c1)Oc1c(Br)cc(Br)cc1C=Nn1c(-c2ccc(Br)cc2)nc2ccccc2c1=O. The average molecular weight is 753 g/mol. The Kier molecular flexibility index (Phi) is 8.86. The highest BCUT2D eigenvalue weighted by atomic mass is 79.9.